The van der Waals surface area contributed by atoms with Gasteiger partial charge in [0, 0.05) is 21.3 Å². The number of fused-ring (bicyclic) bond motifs is 1. The molecule has 0 bridgehead atoms. The summed E-state index contributed by atoms with van der Waals surface area (Å²) in [6.45, 7) is 1.93. The molecule has 0 radical (unpaired) electrons. The van der Waals surface area contributed by atoms with Gasteiger partial charge < -0.3 is 19.0 Å². The second-order valence-electron chi connectivity index (χ2n) is 7.40. The first-order valence-electron chi connectivity index (χ1n) is 10.7. The maximum Gasteiger partial charge on any atom is 0.339 e. The van der Waals surface area contributed by atoms with Gasteiger partial charge >= 0.3 is 16.1 Å². The molecule has 12 heteroatoms. The lowest BCUT2D eigenvalue weighted by Gasteiger charge is -2.13. The first-order chi connectivity index (χ1) is 17.2. The number of nitrogens with one attached hydrogen (secondary N) is 1. The fraction of sp³-hybridized carbons (Fsp3) is 0.167. The molecule has 0 fully saturated rings. The minimum Gasteiger partial charge on any atom is -0.493 e. The maximum absolute atomic E-state index is 12.7. The van der Waals surface area contributed by atoms with Gasteiger partial charge in [0.1, 0.15) is 28.6 Å². The van der Waals surface area contributed by atoms with Gasteiger partial charge in [0.2, 0.25) is 0 Å². The highest BCUT2D eigenvalue weighted by Crippen LogP contribution is 2.37. The number of esters is 1. The number of hydrogen-bond donors (Lipinski definition) is 1. The van der Waals surface area contributed by atoms with E-state index in [2.05, 4.69) is 26.2 Å². The summed E-state index contributed by atoms with van der Waals surface area (Å²) in [6.07, 6.45) is 1.81. The van der Waals surface area contributed by atoms with Crippen LogP contribution >= 0.6 is 27.5 Å². The van der Waals surface area contributed by atoms with Crippen molar-refractivity contribution in [3.63, 3.8) is 0 Å². The van der Waals surface area contributed by atoms with Crippen LogP contribution in [0.15, 0.2) is 70.2 Å². The van der Waals surface area contributed by atoms with Crippen molar-refractivity contribution in [1.29, 1.82) is 0 Å². The van der Waals surface area contributed by atoms with Gasteiger partial charge in [-0.15, -0.1) is 0 Å². The zero-order valence-electron chi connectivity index (χ0n) is 19.2. The average molecular weight is 595 g/mol. The lowest BCUT2D eigenvalue weighted by Crippen LogP contribution is -2.17. The molecule has 2 heterocycles. The molecular weight excluding hydrogens is 574 g/mol. The van der Waals surface area contributed by atoms with Crippen LogP contribution < -0.4 is 14.2 Å². The van der Waals surface area contributed by atoms with Gasteiger partial charge in [-0.3, -0.25) is 9.20 Å². The summed E-state index contributed by atoms with van der Waals surface area (Å²) < 4.78 is 43.9. The standard InChI is InChI=1S/C24H21BrClN3O6S/c1-3-34-22(30)13-27-24-23(28-21-11-5-16(25)14-29(21)24)15-4-10-19(20(12-15)33-2)35-36(31,32)18-8-6-17(26)7-9-18/h4-12,14,27H,3,13H2,1-2H3. The van der Waals surface area contributed by atoms with E-state index < -0.39 is 16.1 Å². The number of nitrogens with zero attached hydrogens (tertiary/aromatic N) is 2. The van der Waals surface area contributed by atoms with Crippen molar-refractivity contribution >= 4 is 55.1 Å². The third-order valence-corrected chi connectivity index (χ3v) is 7.00. The Morgan fingerprint density at radius 3 is 2.56 bits per heavy atom. The molecule has 36 heavy (non-hydrogen) atoms. The Hall–Kier alpha value is -3.28. The summed E-state index contributed by atoms with van der Waals surface area (Å²) in [4.78, 5) is 16.6. The van der Waals surface area contributed by atoms with Crippen LogP contribution in [0.5, 0.6) is 11.5 Å². The van der Waals surface area contributed by atoms with Crippen LogP contribution in [0, 0.1) is 0 Å². The molecule has 0 atom stereocenters. The number of methoxy groups -OCH3 is 1. The summed E-state index contributed by atoms with van der Waals surface area (Å²) >= 11 is 9.31. The molecule has 2 aromatic heterocycles. The van der Waals surface area contributed by atoms with E-state index in [1.807, 2.05) is 18.3 Å². The van der Waals surface area contributed by atoms with Gasteiger partial charge in [0.25, 0.3) is 0 Å². The number of rotatable bonds is 9. The summed E-state index contributed by atoms with van der Waals surface area (Å²) in [7, 11) is -2.72. The molecule has 0 saturated carbocycles. The van der Waals surface area contributed by atoms with Gasteiger partial charge in [-0.1, -0.05) is 11.6 Å². The first kappa shape index (κ1) is 25.8. The first-order valence-corrected chi connectivity index (χ1v) is 13.3. The third kappa shape index (κ3) is 5.58. The number of anilines is 1. The number of benzene rings is 2. The fourth-order valence-electron chi connectivity index (χ4n) is 3.41. The van der Waals surface area contributed by atoms with Crippen molar-refractivity contribution in [2.24, 2.45) is 0 Å². The van der Waals surface area contributed by atoms with Crippen LogP contribution in [0.1, 0.15) is 6.92 Å². The van der Waals surface area contributed by atoms with Crippen LogP contribution in [0.3, 0.4) is 0 Å². The lowest BCUT2D eigenvalue weighted by molar-refractivity contribution is -0.140. The molecule has 0 saturated heterocycles. The number of aromatic nitrogens is 2. The summed E-state index contributed by atoms with van der Waals surface area (Å²) in [5.74, 6) is 0.314. The molecule has 0 aliphatic rings. The van der Waals surface area contributed by atoms with Crippen molar-refractivity contribution in [2.75, 3.05) is 25.6 Å². The van der Waals surface area contributed by atoms with Crippen LogP contribution in [-0.2, 0) is 19.6 Å². The molecule has 188 valence electrons. The second-order valence-corrected chi connectivity index (χ2v) is 10.3. The zero-order chi connectivity index (χ0) is 25.9. The lowest BCUT2D eigenvalue weighted by atomic mass is 10.1. The number of carbonyl (C=O) groups is 1. The Kier molecular flexibility index (Phi) is 7.72. The van der Waals surface area contributed by atoms with Crippen molar-refractivity contribution in [1.82, 2.24) is 9.38 Å². The van der Waals surface area contributed by atoms with E-state index in [-0.39, 0.29) is 29.5 Å². The Morgan fingerprint density at radius 1 is 1.11 bits per heavy atom. The minimum atomic E-state index is -4.12. The predicted molar refractivity (Wildman–Crippen MR) is 139 cm³/mol. The van der Waals surface area contributed by atoms with Gasteiger partial charge in [-0.25, -0.2) is 4.98 Å². The van der Waals surface area contributed by atoms with E-state index in [0.717, 1.165) is 4.47 Å². The van der Waals surface area contributed by atoms with E-state index >= 15 is 0 Å². The normalized spacial score (nSPS) is 11.3. The Morgan fingerprint density at radius 2 is 1.86 bits per heavy atom. The molecule has 0 aliphatic heterocycles. The molecule has 0 unspecified atom stereocenters. The third-order valence-electron chi connectivity index (χ3n) is 5.03. The monoisotopic (exact) mass is 593 g/mol. The molecule has 0 amide bonds. The molecule has 4 rings (SSSR count). The highest BCUT2D eigenvalue weighted by atomic mass is 79.9. The molecule has 1 N–H and O–H groups in total. The number of ether oxygens (including phenoxy) is 2. The average Bonchev–Trinajstić information content (AvgIpc) is 3.20. The van der Waals surface area contributed by atoms with E-state index in [4.69, 9.17) is 25.3 Å². The Labute approximate surface area is 221 Å². The molecular formula is C24H21BrClN3O6S. The number of pyridine rings is 1. The number of hydrogen-bond acceptors (Lipinski definition) is 8. The van der Waals surface area contributed by atoms with Crippen LogP contribution in [0.25, 0.3) is 16.9 Å². The van der Waals surface area contributed by atoms with Crippen molar-refractivity contribution in [3.8, 4) is 22.8 Å². The quantitative estimate of drug-likeness (QED) is 0.209. The topological polar surface area (TPSA) is 108 Å². The molecule has 2 aromatic carbocycles. The van der Waals surface area contributed by atoms with Gasteiger partial charge in [-0.05, 0) is 77.5 Å². The largest absolute Gasteiger partial charge is 0.493 e. The highest BCUT2D eigenvalue weighted by molar-refractivity contribution is 9.10. The van der Waals surface area contributed by atoms with Crippen LogP contribution in [0.4, 0.5) is 5.82 Å². The van der Waals surface area contributed by atoms with Gasteiger partial charge in [0.15, 0.2) is 11.5 Å². The molecule has 4 aromatic rings. The summed E-state index contributed by atoms with van der Waals surface area (Å²) in [5, 5.41) is 3.49. The van der Waals surface area contributed by atoms with Gasteiger partial charge in [-0.2, -0.15) is 8.42 Å². The molecule has 0 aliphatic carbocycles. The van der Waals surface area contributed by atoms with E-state index in [0.29, 0.717) is 27.7 Å². The zero-order valence-corrected chi connectivity index (χ0v) is 22.4. The minimum absolute atomic E-state index is 0.00346. The van der Waals surface area contributed by atoms with Crippen molar-refractivity contribution < 1.29 is 26.9 Å². The molecule has 9 nitrogen and oxygen atoms in total. The highest BCUT2D eigenvalue weighted by Gasteiger charge is 2.22. The van der Waals surface area contributed by atoms with E-state index in [9.17, 15) is 13.2 Å². The predicted octanol–water partition coefficient (Wildman–Crippen LogP) is 5.17. The number of carbonyl (C=O) groups excluding carboxylic acids is 1. The van der Waals surface area contributed by atoms with Crippen molar-refractivity contribution in [2.45, 2.75) is 11.8 Å². The van der Waals surface area contributed by atoms with Crippen LogP contribution in [0.2, 0.25) is 5.02 Å². The smallest absolute Gasteiger partial charge is 0.339 e. The molecule has 0 spiro atoms. The van der Waals surface area contributed by atoms with Crippen LogP contribution in [-0.4, -0.2) is 44.0 Å². The van der Waals surface area contributed by atoms with Crippen molar-refractivity contribution in [3.05, 3.63) is 70.3 Å². The fourth-order valence-corrected chi connectivity index (χ4v) is 4.81. The van der Waals surface area contributed by atoms with E-state index in [1.54, 1.807) is 23.5 Å². The SMILES string of the molecule is CCOC(=O)CNc1c(-c2ccc(OS(=O)(=O)c3ccc(Cl)cc3)c(OC)c2)nc2ccc(Br)cn12. The second kappa shape index (κ2) is 10.8. The van der Waals surface area contributed by atoms with E-state index in [1.165, 1.54) is 37.4 Å². The maximum atomic E-state index is 12.7. The van der Waals surface area contributed by atoms with Gasteiger partial charge in [0.05, 0.1) is 13.7 Å². The number of halogens is 2. The summed E-state index contributed by atoms with van der Waals surface area (Å²) in [6, 6.07) is 14.0. The Balaban J connectivity index is 1.72. The summed E-state index contributed by atoms with van der Waals surface area (Å²) in [5.41, 5.74) is 1.75. The Bertz CT molecular complexity index is 1520. The number of imidazole rings is 1.